The number of nitrogens with zero attached hydrogens (tertiary/aromatic N) is 6. The molecule has 4 rings (SSSR count). The standard InChI is InChI=1S/C36H34N8O10/c1-19-7-11-25(43(49)50)17-29(19)39-41-33(21(3)45)35(47)37-27-13-9-23(15-31(27)53-5)24-10-14-28(32(16-24)54-6)38-36(48)34(22(4)46)42-40-30-18-26(44(51)52)12-8-20(30)2/h7-18,33-34H,1-6H3,(H,37,47)(H,38,48). The Morgan fingerprint density at radius 3 is 1.30 bits per heavy atom. The van der Waals surface area contributed by atoms with Gasteiger partial charge >= 0.3 is 0 Å². The Kier molecular flexibility index (Phi) is 12.7. The molecule has 4 aromatic carbocycles. The number of amides is 2. The molecule has 0 aliphatic heterocycles. The number of hydrogen-bond acceptors (Lipinski definition) is 14. The fraction of sp³-hybridized carbons (Fsp3) is 0.222. The second-order valence-electron chi connectivity index (χ2n) is 11.7. The molecule has 278 valence electrons. The van der Waals surface area contributed by atoms with E-state index in [1.807, 2.05) is 0 Å². The quantitative estimate of drug-likeness (QED) is 0.0539. The maximum Gasteiger partial charge on any atom is 0.271 e. The molecular formula is C36H34N8O10. The van der Waals surface area contributed by atoms with Gasteiger partial charge in [0.15, 0.2) is 11.6 Å². The maximum atomic E-state index is 13.2. The molecule has 2 unspecified atom stereocenters. The van der Waals surface area contributed by atoms with Crippen LogP contribution in [-0.4, -0.2) is 59.5 Å². The second-order valence-corrected chi connectivity index (χ2v) is 11.7. The summed E-state index contributed by atoms with van der Waals surface area (Å²) in [5.74, 6) is -2.43. The Bertz CT molecular complexity index is 2060. The lowest BCUT2D eigenvalue weighted by Gasteiger charge is -2.16. The zero-order valence-corrected chi connectivity index (χ0v) is 29.8. The molecule has 0 aliphatic rings. The highest BCUT2D eigenvalue weighted by atomic mass is 16.6. The molecule has 0 aromatic heterocycles. The molecule has 4 aromatic rings. The van der Waals surface area contributed by atoms with Crippen molar-refractivity contribution in [2.24, 2.45) is 20.5 Å². The highest BCUT2D eigenvalue weighted by molar-refractivity contribution is 6.11. The summed E-state index contributed by atoms with van der Waals surface area (Å²) in [5.41, 5.74) is 2.53. The van der Waals surface area contributed by atoms with Gasteiger partial charge in [-0.15, -0.1) is 0 Å². The fourth-order valence-corrected chi connectivity index (χ4v) is 4.87. The van der Waals surface area contributed by atoms with Gasteiger partial charge in [-0.05, 0) is 74.2 Å². The lowest BCUT2D eigenvalue weighted by molar-refractivity contribution is -0.385. The third-order valence-corrected chi connectivity index (χ3v) is 7.89. The van der Waals surface area contributed by atoms with E-state index in [2.05, 4.69) is 31.1 Å². The van der Waals surface area contributed by atoms with Crippen molar-refractivity contribution in [3.8, 4) is 22.6 Å². The van der Waals surface area contributed by atoms with Gasteiger partial charge in [0, 0.05) is 24.3 Å². The predicted octanol–water partition coefficient (Wildman–Crippen LogP) is 7.16. The predicted molar refractivity (Wildman–Crippen MR) is 196 cm³/mol. The number of non-ortho nitro benzene ring substituents is 2. The van der Waals surface area contributed by atoms with E-state index in [0.29, 0.717) is 22.3 Å². The molecule has 0 spiro atoms. The van der Waals surface area contributed by atoms with Crippen molar-refractivity contribution in [2.75, 3.05) is 24.9 Å². The highest BCUT2D eigenvalue weighted by Gasteiger charge is 2.26. The first kappa shape index (κ1) is 39.5. The molecule has 2 atom stereocenters. The van der Waals surface area contributed by atoms with Gasteiger partial charge in [0.25, 0.3) is 23.2 Å². The third kappa shape index (κ3) is 9.55. The minimum Gasteiger partial charge on any atom is -0.495 e. The summed E-state index contributed by atoms with van der Waals surface area (Å²) in [7, 11) is 2.76. The van der Waals surface area contributed by atoms with Gasteiger partial charge in [-0.2, -0.15) is 20.5 Å². The number of nitro groups is 2. The first-order valence-corrected chi connectivity index (χ1v) is 15.9. The average molecular weight is 739 g/mol. The van der Waals surface area contributed by atoms with Crippen LogP contribution in [0.5, 0.6) is 11.5 Å². The van der Waals surface area contributed by atoms with Crippen LogP contribution < -0.4 is 20.1 Å². The average Bonchev–Trinajstić information content (AvgIpc) is 3.13. The van der Waals surface area contributed by atoms with E-state index in [4.69, 9.17) is 9.47 Å². The summed E-state index contributed by atoms with van der Waals surface area (Å²) in [5, 5.41) is 43.2. The number of Topliss-reactive ketones (excluding diaryl/α,β-unsaturated/α-hetero) is 2. The van der Waals surface area contributed by atoms with Crippen molar-refractivity contribution in [2.45, 2.75) is 39.8 Å². The number of ether oxygens (including phenoxy) is 2. The molecular weight excluding hydrogens is 704 g/mol. The number of aryl methyl sites for hydroxylation is 2. The number of benzene rings is 4. The molecule has 0 radical (unpaired) electrons. The minimum absolute atomic E-state index is 0.128. The molecule has 0 saturated heterocycles. The zero-order valence-electron chi connectivity index (χ0n) is 29.8. The summed E-state index contributed by atoms with van der Waals surface area (Å²) in [6.07, 6.45) is 0. The Morgan fingerprint density at radius 2 is 0.981 bits per heavy atom. The van der Waals surface area contributed by atoms with Gasteiger partial charge in [0.2, 0.25) is 12.1 Å². The summed E-state index contributed by atoms with van der Waals surface area (Å²) >= 11 is 0. The van der Waals surface area contributed by atoms with Crippen LogP contribution in [0, 0.1) is 34.1 Å². The fourth-order valence-electron chi connectivity index (χ4n) is 4.87. The lowest BCUT2D eigenvalue weighted by atomic mass is 10.0. The number of nitro benzene ring substituents is 2. The number of rotatable bonds is 15. The number of carbonyl (C=O) groups excluding carboxylic acids is 4. The van der Waals surface area contributed by atoms with Gasteiger partial charge < -0.3 is 20.1 Å². The normalized spacial score (nSPS) is 12.2. The molecule has 0 aliphatic carbocycles. The van der Waals surface area contributed by atoms with Gasteiger partial charge in [-0.3, -0.25) is 39.4 Å². The monoisotopic (exact) mass is 738 g/mol. The van der Waals surface area contributed by atoms with Crippen molar-refractivity contribution in [3.05, 3.63) is 104 Å². The number of nitrogens with one attached hydrogen (secondary N) is 2. The number of ketones is 2. The van der Waals surface area contributed by atoms with Crippen LogP contribution in [0.15, 0.2) is 93.3 Å². The van der Waals surface area contributed by atoms with Gasteiger partial charge in [-0.1, -0.05) is 24.3 Å². The van der Waals surface area contributed by atoms with Crippen LogP contribution in [0.1, 0.15) is 25.0 Å². The number of azo groups is 2. The van der Waals surface area contributed by atoms with E-state index in [-0.39, 0.29) is 45.6 Å². The Balaban J connectivity index is 1.53. The van der Waals surface area contributed by atoms with E-state index >= 15 is 0 Å². The molecule has 0 saturated carbocycles. The van der Waals surface area contributed by atoms with Gasteiger partial charge in [0.1, 0.15) is 11.5 Å². The lowest BCUT2D eigenvalue weighted by Crippen LogP contribution is -2.32. The Labute approximate surface area is 307 Å². The Morgan fingerprint density at radius 1 is 0.611 bits per heavy atom. The maximum absolute atomic E-state index is 13.2. The van der Waals surface area contributed by atoms with Crippen LogP contribution in [0.3, 0.4) is 0 Å². The summed E-state index contributed by atoms with van der Waals surface area (Å²) < 4.78 is 11.0. The molecule has 0 heterocycles. The number of hydrogen-bond donors (Lipinski definition) is 2. The first-order chi connectivity index (χ1) is 25.6. The highest BCUT2D eigenvalue weighted by Crippen LogP contribution is 2.35. The number of methoxy groups -OCH3 is 2. The second kappa shape index (κ2) is 17.3. The van der Waals surface area contributed by atoms with E-state index in [9.17, 15) is 39.4 Å². The van der Waals surface area contributed by atoms with E-state index in [1.165, 1.54) is 50.6 Å². The molecule has 2 amide bonds. The van der Waals surface area contributed by atoms with Crippen LogP contribution >= 0.6 is 0 Å². The molecule has 18 heteroatoms. The number of anilines is 2. The minimum atomic E-state index is -1.56. The zero-order chi connectivity index (χ0) is 39.7. The van der Waals surface area contributed by atoms with Crippen molar-refractivity contribution in [3.63, 3.8) is 0 Å². The molecule has 18 nitrogen and oxygen atoms in total. The van der Waals surface area contributed by atoms with E-state index in [0.717, 1.165) is 13.8 Å². The number of carbonyl (C=O) groups is 4. The summed E-state index contributed by atoms with van der Waals surface area (Å²) in [6, 6.07) is 14.4. The first-order valence-electron chi connectivity index (χ1n) is 15.9. The summed E-state index contributed by atoms with van der Waals surface area (Å²) in [6.45, 7) is 5.62. The smallest absolute Gasteiger partial charge is 0.271 e. The van der Waals surface area contributed by atoms with Crippen molar-refractivity contribution < 1.29 is 38.5 Å². The molecule has 0 fully saturated rings. The third-order valence-electron chi connectivity index (χ3n) is 7.89. The van der Waals surface area contributed by atoms with E-state index in [1.54, 1.807) is 50.2 Å². The van der Waals surface area contributed by atoms with Crippen LogP contribution in [0.4, 0.5) is 34.1 Å². The van der Waals surface area contributed by atoms with Gasteiger partial charge in [0.05, 0.1) is 46.8 Å². The topological polar surface area (TPSA) is 247 Å². The Hall–Kier alpha value is -7.24. The molecule has 0 bridgehead atoms. The molecule has 2 N–H and O–H groups in total. The van der Waals surface area contributed by atoms with Gasteiger partial charge in [-0.25, -0.2) is 0 Å². The largest absolute Gasteiger partial charge is 0.495 e. The van der Waals surface area contributed by atoms with Crippen molar-refractivity contribution in [1.29, 1.82) is 0 Å². The van der Waals surface area contributed by atoms with Crippen molar-refractivity contribution in [1.82, 2.24) is 0 Å². The molecule has 54 heavy (non-hydrogen) atoms. The van der Waals surface area contributed by atoms with E-state index < -0.39 is 45.3 Å². The SMILES string of the molecule is COc1cc(-c2ccc(NC(=O)C(N=Nc3cc([N+](=O)[O-])ccc3C)C(C)=O)c(OC)c2)ccc1NC(=O)C(N=Nc1cc([N+](=O)[O-])ccc1C)C(C)=O. The van der Waals surface area contributed by atoms with Crippen LogP contribution in [0.25, 0.3) is 11.1 Å². The van der Waals surface area contributed by atoms with Crippen molar-refractivity contribution >= 4 is 57.5 Å². The van der Waals surface area contributed by atoms with Crippen LogP contribution in [-0.2, 0) is 19.2 Å². The summed E-state index contributed by atoms with van der Waals surface area (Å²) in [4.78, 5) is 72.2. The van der Waals surface area contributed by atoms with Crippen LogP contribution in [0.2, 0.25) is 0 Å².